The van der Waals surface area contributed by atoms with Gasteiger partial charge in [0.15, 0.2) is 16.6 Å². The number of methoxy groups -OCH3 is 1. The van der Waals surface area contributed by atoms with Gasteiger partial charge in [-0.1, -0.05) is 48.1 Å². The number of ether oxygens (including phenoxy) is 1. The van der Waals surface area contributed by atoms with Crippen molar-refractivity contribution >= 4 is 22.6 Å². The van der Waals surface area contributed by atoms with Crippen LogP contribution in [0, 0.1) is 0 Å². The zero-order chi connectivity index (χ0) is 23.0. The Morgan fingerprint density at radius 3 is 1.90 bits per heavy atom. The number of esters is 1. The van der Waals surface area contributed by atoms with Crippen molar-refractivity contribution in [3.63, 3.8) is 0 Å². The van der Waals surface area contributed by atoms with E-state index in [1.807, 2.05) is 0 Å². The van der Waals surface area contributed by atoms with Gasteiger partial charge < -0.3 is 18.7 Å². The molecule has 0 spiro atoms. The highest BCUT2D eigenvalue weighted by molar-refractivity contribution is 6.74. The van der Waals surface area contributed by atoms with Crippen molar-refractivity contribution in [2.45, 2.75) is 103 Å². The van der Waals surface area contributed by atoms with Gasteiger partial charge in [-0.3, -0.25) is 0 Å². The Balaban J connectivity index is 3.34. The summed E-state index contributed by atoms with van der Waals surface area (Å²) in [6.07, 6.45) is -0.0140. The number of hydrogen-bond acceptors (Lipinski definition) is 5. The van der Waals surface area contributed by atoms with E-state index >= 15 is 0 Å². The summed E-state index contributed by atoms with van der Waals surface area (Å²) in [6.45, 7) is 25.8. The lowest BCUT2D eigenvalue weighted by atomic mass is 9.84. The summed E-state index contributed by atoms with van der Waals surface area (Å²) in [5, 5.41) is 11.2. The number of carbonyl (C=O) groups excluding carboxylic acids is 1. The molecule has 3 atom stereocenters. The van der Waals surface area contributed by atoms with Crippen LogP contribution >= 0.6 is 0 Å². The highest BCUT2D eigenvalue weighted by Crippen LogP contribution is 2.44. The van der Waals surface area contributed by atoms with Crippen molar-refractivity contribution in [3.8, 4) is 0 Å². The molecule has 1 N–H and O–H groups in total. The highest BCUT2D eigenvalue weighted by Gasteiger charge is 2.48. The van der Waals surface area contributed by atoms with E-state index in [1.165, 1.54) is 13.2 Å². The lowest BCUT2D eigenvalue weighted by Crippen LogP contribution is -2.56. The molecule has 0 heterocycles. The Kier molecular flexibility index (Phi) is 7.97. The van der Waals surface area contributed by atoms with Crippen LogP contribution in [0.5, 0.6) is 0 Å². The minimum absolute atomic E-state index is 0.00316. The van der Waals surface area contributed by atoms with Gasteiger partial charge in [-0.15, -0.1) is 0 Å². The van der Waals surface area contributed by atoms with Crippen LogP contribution in [0.1, 0.15) is 48.0 Å². The van der Waals surface area contributed by atoms with Gasteiger partial charge in [-0.2, -0.15) is 0 Å². The Morgan fingerprint density at radius 2 is 1.48 bits per heavy atom. The van der Waals surface area contributed by atoms with E-state index in [0.717, 1.165) is 5.57 Å². The average molecular weight is 443 g/mol. The van der Waals surface area contributed by atoms with E-state index in [-0.39, 0.29) is 10.1 Å². The van der Waals surface area contributed by atoms with Crippen molar-refractivity contribution in [2.24, 2.45) is 0 Å². The minimum atomic E-state index is -2.19. The maximum atomic E-state index is 11.9. The van der Waals surface area contributed by atoms with E-state index in [0.29, 0.717) is 12.0 Å². The summed E-state index contributed by atoms with van der Waals surface area (Å²) < 4.78 is 18.0. The van der Waals surface area contributed by atoms with Crippen LogP contribution in [0.3, 0.4) is 0 Å². The highest BCUT2D eigenvalue weighted by atomic mass is 28.4. The molecule has 168 valence electrons. The van der Waals surface area contributed by atoms with Crippen molar-refractivity contribution in [3.05, 3.63) is 23.8 Å². The predicted molar refractivity (Wildman–Crippen MR) is 124 cm³/mol. The molecule has 0 saturated heterocycles. The number of rotatable bonds is 5. The summed E-state index contributed by atoms with van der Waals surface area (Å²) in [6, 6.07) is 0. The van der Waals surface area contributed by atoms with Crippen LogP contribution in [0.4, 0.5) is 0 Å². The van der Waals surface area contributed by atoms with Crippen LogP contribution in [0.15, 0.2) is 23.8 Å². The van der Waals surface area contributed by atoms with Gasteiger partial charge in [0.25, 0.3) is 0 Å². The zero-order valence-corrected chi connectivity index (χ0v) is 22.3. The second-order valence-electron chi connectivity index (χ2n) is 11.1. The Labute approximate surface area is 179 Å². The lowest BCUT2D eigenvalue weighted by Gasteiger charge is -2.47. The molecule has 0 amide bonds. The molecule has 1 saturated carbocycles. The van der Waals surface area contributed by atoms with Crippen LogP contribution in [-0.4, -0.2) is 53.1 Å². The fourth-order valence-corrected chi connectivity index (χ4v) is 5.31. The van der Waals surface area contributed by atoms with Gasteiger partial charge in [0.05, 0.1) is 19.3 Å². The molecule has 0 aliphatic heterocycles. The normalized spacial score (nSPS) is 26.0. The van der Waals surface area contributed by atoms with Crippen LogP contribution in [0.25, 0.3) is 0 Å². The number of carbonyl (C=O) groups is 1. The second-order valence-corrected chi connectivity index (χ2v) is 20.6. The Hall–Kier alpha value is -0.736. The van der Waals surface area contributed by atoms with Gasteiger partial charge in [0, 0.05) is 12.5 Å². The molecule has 5 nitrogen and oxygen atoms in total. The molecule has 0 aromatic carbocycles. The molecule has 0 aromatic rings. The summed E-state index contributed by atoms with van der Waals surface area (Å²) in [5.41, 5.74) is 1.37. The number of aliphatic hydroxyl groups excluding tert-OH is 1. The smallest absolute Gasteiger partial charge is 0.330 e. The third-order valence-electron chi connectivity index (χ3n) is 6.84. The van der Waals surface area contributed by atoms with Gasteiger partial charge >= 0.3 is 5.97 Å². The Morgan fingerprint density at radius 1 is 1.03 bits per heavy atom. The molecule has 1 aliphatic carbocycles. The summed E-state index contributed by atoms with van der Waals surface area (Å²) in [4.78, 5) is 11.9. The molecule has 0 bridgehead atoms. The number of aliphatic hydroxyl groups is 1. The van der Waals surface area contributed by atoms with Gasteiger partial charge in [0.1, 0.15) is 6.10 Å². The fraction of sp³-hybridized carbons (Fsp3) is 0.773. The molecule has 1 rings (SSSR count). The average Bonchev–Trinajstić information content (AvgIpc) is 2.53. The molecule has 29 heavy (non-hydrogen) atoms. The van der Waals surface area contributed by atoms with Gasteiger partial charge in [0.2, 0.25) is 0 Å². The quantitative estimate of drug-likeness (QED) is 0.361. The summed E-state index contributed by atoms with van der Waals surface area (Å²) in [5.74, 6) is -0.435. The number of hydrogen-bond donors (Lipinski definition) is 1. The zero-order valence-electron chi connectivity index (χ0n) is 20.3. The topological polar surface area (TPSA) is 65.0 Å². The molecule has 0 aromatic heterocycles. The lowest BCUT2D eigenvalue weighted by molar-refractivity contribution is -0.134. The summed E-state index contributed by atoms with van der Waals surface area (Å²) >= 11 is 0. The second kappa shape index (κ2) is 8.79. The maximum Gasteiger partial charge on any atom is 0.330 e. The predicted octanol–water partition coefficient (Wildman–Crippen LogP) is 5.19. The molecular formula is C22H42O5Si2. The molecule has 1 aliphatic rings. The fourth-order valence-electron chi connectivity index (χ4n) is 2.71. The van der Waals surface area contributed by atoms with E-state index in [9.17, 15) is 9.90 Å². The molecule has 3 unspecified atom stereocenters. The largest absolute Gasteiger partial charge is 0.466 e. The standard InChI is InChI=1S/C22H42O5Si2/c1-15-16(14-18(23)25-8)13-17(26-28(9,10)21(2,3)4)19(24)20(15)27-29(11,12)22(5,6)7/h14,17,19-20,24H,1,13H2,2-12H3. The van der Waals surface area contributed by atoms with Crippen LogP contribution in [0.2, 0.25) is 36.3 Å². The third-order valence-corrected chi connectivity index (χ3v) is 15.8. The monoisotopic (exact) mass is 442 g/mol. The van der Waals surface area contributed by atoms with Crippen LogP contribution < -0.4 is 0 Å². The first-order valence-corrected chi connectivity index (χ1v) is 16.2. The third kappa shape index (κ3) is 6.13. The minimum Gasteiger partial charge on any atom is -0.466 e. The molecule has 7 heteroatoms. The Bertz CT molecular complexity index is 653. The van der Waals surface area contributed by atoms with E-state index in [1.54, 1.807) is 0 Å². The van der Waals surface area contributed by atoms with Gasteiger partial charge in [-0.05, 0) is 47.4 Å². The van der Waals surface area contributed by atoms with Crippen LogP contribution in [-0.2, 0) is 18.4 Å². The SMILES string of the molecule is C=C1C(=CC(=O)OC)CC(O[Si](C)(C)C(C)(C)C)C(O)C1O[Si](C)(C)C(C)(C)C. The first kappa shape index (κ1) is 26.3. The molecular weight excluding hydrogens is 400 g/mol. The van der Waals surface area contributed by atoms with Crippen molar-refractivity contribution in [2.75, 3.05) is 7.11 Å². The van der Waals surface area contributed by atoms with Gasteiger partial charge in [-0.25, -0.2) is 4.79 Å². The van der Waals surface area contributed by atoms with Crippen molar-refractivity contribution in [1.29, 1.82) is 0 Å². The summed E-state index contributed by atoms with van der Waals surface area (Å²) in [7, 11) is -2.97. The first-order chi connectivity index (χ1) is 12.8. The molecule has 1 fully saturated rings. The maximum absolute atomic E-state index is 11.9. The first-order valence-electron chi connectivity index (χ1n) is 10.4. The van der Waals surface area contributed by atoms with E-state index < -0.39 is 40.9 Å². The molecule has 0 radical (unpaired) electrons. The van der Waals surface area contributed by atoms with Crippen molar-refractivity contribution < 1.29 is 23.5 Å². The van der Waals surface area contributed by atoms with Crippen molar-refractivity contribution in [1.82, 2.24) is 0 Å². The van der Waals surface area contributed by atoms with E-state index in [4.69, 9.17) is 13.6 Å². The van der Waals surface area contributed by atoms with E-state index in [2.05, 4.69) is 74.3 Å².